The van der Waals surface area contributed by atoms with Crippen LogP contribution in [0, 0.1) is 5.41 Å². The maximum absolute atomic E-state index is 8.34. The summed E-state index contributed by atoms with van der Waals surface area (Å²) in [5.41, 5.74) is 11.5. The van der Waals surface area contributed by atoms with Gasteiger partial charge in [-0.2, -0.15) is 0 Å². The van der Waals surface area contributed by atoms with E-state index in [1.807, 2.05) is 48.6 Å². The Morgan fingerprint density at radius 3 is 2.79 bits per heavy atom. The maximum Gasteiger partial charge on any atom is 0.0711 e. The predicted molar refractivity (Wildman–Crippen MR) is 80.0 cm³/mol. The molecule has 2 aliphatic carbocycles. The molecule has 2 nitrogen and oxygen atoms in total. The van der Waals surface area contributed by atoms with Crippen molar-refractivity contribution >= 4 is 11.8 Å². The van der Waals surface area contributed by atoms with E-state index >= 15 is 0 Å². The van der Waals surface area contributed by atoms with Gasteiger partial charge in [0.05, 0.1) is 5.71 Å². The Bertz CT molecular complexity index is 658. The molecule has 0 spiro atoms. The highest BCUT2D eigenvalue weighted by Gasteiger charge is 2.18. The van der Waals surface area contributed by atoms with Gasteiger partial charge in [0.15, 0.2) is 0 Å². The largest absolute Gasteiger partial charge is 0.398 e. The Morgan fingerprint density at radius 2 is 2.00 bits per heavy atom. The molecule has 0 unspecified atom stereocenters. The molecule has 0 radical (unpaired) electrons. The molecule has 1 aromatic rings. The van der Waals surface area contributed by atoms with Gasteiger partial charge in [0.1, 0.15) is 0 Å². The smallest absolute Gasteiger partial charge is 0.0711 e. The molecule has 0 aromatic heterocycles. The molecule has 0 bridgehead atoms. The first-order valence-electron chi connectivity index (χ1n) is 6.49. The van der Waals surface area contributed by atoms with E-state index in [9.17, 15) is 0 Å². The van der Waals surface area contributed by atoms with Crippen LogP contribution < -0.4 is 5.73 Å². The second-order valence-electron chi connectivity index (χ2n) is 4.78. The van der Waals surface area contributed by atoms with Crippen molar-refractivity contribution in [3.8, 4) is 0 Å². The summed E-state index contributed by atoms with van der Waals surface area (Å²) in [7, 11) is 0. The second kappa shape index (κ2) is 4.73. The standard InChI is InChI=1S/C17H16N2/c18-16(13-7-2-1-3-8-13)15-11-10-12-6-4-5-9-14(12)17(15)19/h1-2,4-7,9-11,19H,3,8,18H2/b16-15-,19-17?. The Balaban J connectivity index is 2.07. The van der Waals surface area contributed by atoms with E-state index in [4.69, 9.17) is 11.1 Å². The van der Waals surface area contributed by atoms with Crippen LogP contribution in [-0.4, -0.2) is 5.71 Å². The summed E-state index contributed by atoms with van der Waals surface area (Å²) in [6, 6.07) is 7.95. The first-order chi connectivity index (χ1) is 9.27. The van der Waals surface area contributed by atoms with Crippen molar-refractivity contribution in [1.29, 1.82) is 5.41 Å². The van der Waals surface area contributed by atoms with Crippen molar-refractivity contribution in [3.05, 3.63) is 76.5 Å². The summed E-state index contributed by atoms with van der Waals surface area (Å²) in [5.74, 6) is 0. The van der Waals surface area contributed by atoms with Gasteiger partial charge >= 0.3 is 0 Å². The average Bonchev–Trinajstić information content (AvgIpc) is 2.48. The molecule has 0 heterocycles. The number of hydrogen-bond donors (Lipinski definition) is 2. The number of benzene rings is 1. The Kier molecular flexibility index (Phi) is 2.92. The van der Waals surface area contributed by atoms with Crippen molar-refractivity contribution in [1.82, 2.24) is 0 Å². The molecule has 0 saturated heterocycles. The molecule has 3 N–H and O–H groups in total. The predicted octanol–water partition coefficient (Wildman–Crippen LogP) is 3.57. The van der Waals surface area contributed by atoms with E-state index in [1.54, 1.807) is 0 Å². The molecular formula is C17H16N2. The molecule has 0 amide bonds. The lowest BCUT2D eigenvalue weighted by Gasteiger charge is -2.18. The van der Waals surface area contributed by atoms with Crippen LogP contribution >= 0.6 is 0 Å². The molecular weight excluding hydrogens is 232 g/mol. The Labute approximate surface area is 113 Å². The van der Waals surface area contributed by atoms with E-state index in [0.717, 1.165) is 40.8 Å². The van der Waals surface area contributed by atoms with Crippen molar-refractivity contribution in [2.75, 3.05) is 0 Å². The van der Waals surface area contributed by atoms with Crippen LogP contribution in [0.4, 0.5) is 0 Å². The van der Waals surface area contributed by atoms with Gasteiger partial charge in [0, 0.05) is 16.8 Å². The molecule has 19 heavy (non-hydrogen) atoms. The molecule has 1 aromatic carbocycles. The average molecular weight is 248 g/mol. The van der Waals surface area contributed by atoms with Crippen LogP contribution in [0.1, 0.15) is 24.0 Å². The van der Waals surface area contributed by atoms with Gasteiger partial charge in [-0.3, -0.25) is 5.41 Å². The first-order valence-corrected chi connectivity index (χ1v) is 6.49. The summed E-state index contributed by atoms with van der Waals surface area (Å²) in [5, 5.41) is 8.34. The Hall–Kier alpha value is -2.35. The van der Waals surface area contributed by atoms with Gasteiger partial charge in [-0.15, -0.1) is 0 Å². The van der Waals surface area contributed by atoms with Gasteiger partial charge in [0.25, 0.3) is 0 Å². The minimum atomic E-state index is 0.519. The third-order valence-corrected chi connectivity index (χ3v) is 3.58. The van der Waals surface area contributed by atoms with E-state index in [2.05, 4.69) is 6.08 Å². The van der Waals surface area contributed by atoms with Crippen molar-refractivity contribution in [2.45, 2.75) is 12.8 Å². The normalized spacial score (nSPS) is 20.0. The Morgan fingerprint density at radius 1 is 1.16 bits per heavy atom. The van der Waals surface area contributed by atoms with Crippen LogP contribution in [0.15, 0.2) is 65.4 Å². The number of nitrogens with two attached hydrogens (primary N) is 1. The lowest BCUT2D eigenvalue weighted by molar-refractivity contribution is 0.959. The molecule has 2 heteroatoms. The number of rotatable bonds is 1. The molecule has 2 aliphatic rings. The van der Waals surface area contributed by atoms with Crippen LogP contribution in [0.3, 0.4) is 0 Å². The summed E-state index contributed by atoms with van der Waals surface area (Å²) in [6.45, 7) is 0. The van der Waals surface area contributed by atoms with E-state index in [-0.39, 0.29) is 0 Å². The molecule has 94 valence electrons. The SMILES string of the molecule is N=C1/C(=C(\N)C2=CC=CCC2)C=Cc2ccccc21. The summed E-state index contributed by atoms with van der Waals surface area (Å²) in [4.78, 5) is 0. The van der Waals surface area contributed by atoms with E-state index in [0.29, 0.717) is 5.71 Å². The monoisotopic (exact) mass is 248 g/mol. The van der Waals surface area contributed by atoms with Gasteiger partial charge in [-0.25, -0.2) is 0 Å². The zero-order valence-electron chi connectivity index (χ0n) is 10.7. The quantitative estimate of drug-likeness (QED) is 0.784. The summed E-state index contributed by atoms with van der Waals surface area (Å²) >= 11 is 0. The topological polar surface area (TPSA) is 49.9 Å². The zero-order chi connectivity index (χ0) is 13.2. The van der Waals surface area contributed by atoms with Gasteiger partial charge < -0.3 is 5.73 Å². The highest BCUT2D eigenvalue weighted by Crippen LogP contribution is 2.27. The van der Waals surface area contributed by atoms with Crippen molar-refractivity contribution in [2.24, 2.45) is 5.73 Å². The highest BCUT2D eigenvalue weighted by molar-refractivity contribution is 6.17. The van der Waals surface area contributed by atoms with E-state index in [1.165, 1.54) is 0 Å². The van der Waals surface area contributed by atoms with Crippen LogP contribution in [0.2, 0.25) is 0 Å². The number of allylic oxidation sites excluding steroid dienone is 6. The lowest BCUT2D eigenvalue weighted by atomic mass is 9.88. The van der Waals surface area contributed by atoms with Crippen molar-refractivity contribution in [3.63, 3.8) is 0 Å². The third-order valence-electron chi connectivity index (χ3n) is 3.58. The molecule has 0 fully saturated rings. The molecule has 3 rings (SSSR count). The number of hydrogen-bond acceptors (Lipinski definition) is 2. The summed E-state index contributed by atoms with van der Waals surface area (Å²) < 4.78 is 0. The molecule has 0 aliphatic heterocycles. The van der Waals surface area contributed by atoms with Gasteiger partial charge in [-0.1, -0.05) is 54.6 Å². The maximum atomic E-state index is 8.34. The van der Waals surface area contributed by atoms with Crippen LogP contribution in [0.25, 0.3) is 6.08 Å². The van der Waals surface area contributed by atoms with E-state index < -0.39 is 0 Å². The fourth-order valence-electron chi connectivity index (χ4n) is 2.50. The van der Waals surface area contributed by atoms with Crippen molar-refractivity contribution < 1.29 is 0 Å². The van der Waals surface area contributed by atoms with Crippen LogP contribution in [-0.2, 0) is 0 Å². The van der Waals surface area contributed by atoms with Gasteiger partial charge in [0.2, 0.25) is 0 Å². The minimum absolute atomic E-state index is 0.519. The molecule has 0 saturated carbocycles. The van der Waals surface area contributed by atoms with Crippen LogP contribution in [0.5, 0.6) is 0 Å². The zero-order valence-corrected chi connectivity index (χ0v) is 10.7. The summed E-state index contributed by atoms with van der Waals surface area (Å²) in [6.07, 6.45) is 12.2. The minimum Gasteiger partial charge on any atom is -0.398 e. The number of nitrogens with one attached hydrogen (secondary N) is 1. The number of fused-ring (bicyclic) bond motifs is 1. The third kappa shape index (κ3) is 2.06. The lowest BCUT2D eigenvalue weighted by Crippen LogP contribution is -2.15. The highest BCUT2D eigenvalue weighted by atomic mass is 14.6. The fourth-order valence-corrected chi connectivity index (χ4v) is 2.50. The fraction of sp³-hybridized carbons (Fsp3) is 0.118. The molecule has 0 atom stereocenters. The first kappa shape index (κ1) is 11.7. The van der Waals surface area contributed by atoms with Gasteiger partial charge in [-0.05, 0) is 24.0 Å². The second-order valence-corrected chi connectivity index (χ2v) is 4.78.